The van der Waals surface area contributed by atoms with Gasteiger partial charge < -0.3 is 24.2 Å². The maximum absolute atomic E-state index is 13.0. The Morgan fingerprint density at radius 1 is 0.350 bits per heavy atom. The Bertz CT molecular complexity index is 1530. The first-order valence-corrected chi connectivity index (χ1v) is 35.0. The van der Waals surface area contributed by atoms with Gasteiger partial charge in [0.2, 0.25) is 0 Å². The molecule has 3 atom stereocenters. The fourth-order valence-corrected chi connectivity index (χ4v) is 10.4. The van der Waals surface area contributed by atoms with E-state index in [0.29, 0.717) is 19.3 Å². The molecule has 468 valence electrons. The minimum absolute atomic E-state index is 0.162. The van der Waals surface area contributed by atoms with Gasteiger partial charge in [0.1, 0.15) is 12.7 Å². The largest absolute Gasteiger partial charge is 0.472 e. The Labute approximate surface area is 492 Å². The number of rotatable bonds is 63. The topological polar surface area (TPSA) is 155 Å². The van der Waals surface area contributed by atoms with Gasteiger partial charge in [0.25, 0.3) is 0 Å². The smallest absolute Gasteiger partial charge is 0.462 e. The van der Waals surface area contributed by atoms with E-state index in [1.165, 1.54) is 173 Å². The number of unbranched alkanes of at least 4 members (excludes halogenated alkanes) is 38. The van der Waals surface area contributed by atoms with Crippen molar-refractivity contribution in [3.8, 4) is 0 Å². The van der Waals surface area contributed by atoms with Crippen molar-refractivity contribution in [2.24, 2.45) is 0 Å². The zero-order valence-corrected chi connectivity index (χ0v) is 53.0. The molecule has 0 aromatic carbocycles. The molecule has 0 aliphatic rings. The van der Waals surface area contributed by atoms with Crippen LogP contribution in [0.5, 0.6) is 0 Å². The molecule has 0 rings (SSSR count). The number of esters is 3. The number of carbonyl (C=O) groups is 3. The zero-order valence-electron chi connectivity index (χ0n) is 52.1. The third-order valence-electron chi connectivity index (χ3n) is 14.7. The molecule has 0 bridgehead atoms. The lowest BCUT2D eigenvalue weighted by Gasteiger charge is -2.21. The van der Waals surface area contributed by atoms with Crippen molar-refractivity contribution < 1.29 is 52.2 Å². The molecule has 0 aromatic heterocycles. The number of hydrogen-bond acceptors (Lipinski definition) is 10. The Balaban J connectivity index is 4.68. The Hall–Kier alpha value is -2.56. The van der Waals surface area contributed by atoms with E-state index in [1.807, 2.05) is 0 Å². The van der Waals surface area contributed by atoms with Crippen molar-refractivity contribution in [3.63, 3.8) is 0 Å². The van der Waals surface area contributed by atoms with Crippen molar-refractivity contribution in [1.82, 2.24) is 0 Å². The van der Waals surface area contributed by atoms with E-state index in [9.17, 15) is 28.9 Å². The van der Waals surface area contributed by atoms with E-state index < -0.39 is 57.8 Å². The van der Waals surface area contributed by atoms with Crippen molar-refractivity contribution in [1.29, 1.82) is 0 Å². The van der Waals surface area contributed by atoms with Crippen molar-refractivity contribution in [2.45, 2.75) is 341 Å². The van der Waals surface area contributed by atoms with Crippen LogP contribution in [0.15, 0.2) is 48.6 Å². The number of carbonyl (C=O) groups excluding carboxylic acids is 3. The molecule has 0 amide bonds. The van der Waals surface area contributed by atoms with Crippen LogP contribution in [-0.4, -0.2) is 66.5 Å². The first-order chi connectivity index (χ1) is 39.2. The predicted molar refractivity (Wildman–Crippen MR) is 335 cm³/mol. The molecule has 0 spiro atoms. The lowest BCUT2D eigenvalue weighted by atomic mass is 10.0. The second-order valence-electron chi connectivity index (χ2n) is 22.6. The van der Waals surface area contributed by atoms with Crippen LogP contribution < -0.4 is 0 Å². The van der Waals surface area contributed by atoms with Gasteiger partial charge in [0, 0.05) is 19.3 Å². The van der Waals surface area contributed by atoms with E-state index in [4.69, 9.17) is 23.3 Å². The average molecular weight is 1150 g/mol. The van der Waals surface area contributed by atoms with Gasteiger partial charge in [-0.05, 0) is 83.5 Å². The number of aliphatic hydroxyl groups is 1. The quantitative estimate of drug-likeness (QED) is 0.0197. The van der Waals surface area contributed by atoms with E-state index in [2.05, 4.69) is 69.4 Å². The highest BCUT2D eigenvalue weighted by atomic mass is 31.2. The molecule has 3 unspecified atom stereocenters. The van der Waals surface area contributed by atoms with Gasteiger partial charge >= 0.3 is 25.7 Å². The minimum Gasteiger partial charge on any atom is -0.462 e. The highest BCUT2D eigenvalue weighted by Gasteiger charge is 2.28. The van der Waals surface area contributed by atoms with Crippen LogP contribution in [0, 0.1) is 0 Å². The number of phosphoric acid groups is 1. The van der Waals surface area contributed by atoms with Crippen molar-refractivity contribution in [2.75, 3.05) is 26.4 Å². The van der Waals surface area contributed by atoms with Crippen LogP contribution in [0.3, 0.4) is 0 Å². The van der Waals surface area contributed by atoms with Crippen LogP contribution in [0.4, 0.5) is 0 Å². The van der Waals surface area contributed by atoms with Crippen LogP contribution in [-0.2, 0) is 42.2 Å². The summed E-state index contributed by atoms with van der Waals surface area (Å²) >= 11 is 0. The van der Waals surface area contributed by atoms with Crippen LogP contribution in [0.25, 0.3) is 0 Å². The summed E-state index contributed by atoms with van der Waals surface area (Å²) in [6.07, 6.45) is 69.1. The molecule has 0 saturated carbocycles. The molecule has 0 radical (unpaired) electrons. The summed E-state index contributed by atoms with van der Waals surface area (Å²) in [4.78, 5) is 48.8. The highest BCUT2D eigenvalue weighted by Crippen LogP contribution is 2.43. The zero-order chi connectivity index (χ0) is 58.3. The van der Waals surface area contributed by atoms with Gasteiger partial charge in [0.05, 0.1) is 19.8 Å². The number of hydrogen-bond donors (Lipinski definition) is 2. The molecule has 0 aromatic rings. The molecule has 80 heavy (non-hydrogen) atoms. The third-order valence-corrected chi connectivity index (χ3v) is 15.7. The van der Waals surface area contributed by atoms with Crippen LogP contribution in [0.2, 0.25) is 0 Å². The van der Waals surface area contributed by atoms with E-state index in [-0.39, 0.29) is 25.9 Å². The summed E-state index contributed by atoms with van der Waals surface area (Å²) in [5.74, 6) is -1.46. The molecule has 0 fully saturated rings. The Morgan fingerprint density at radius 3 is 0.975 bits per heavy atom. The second-order valence-corrected chi connectivity index (χ2v) is 24.1. The summed E-state index contributed by atoms with van der Waals surface area (Å²) in [7, 11) is -4.76. The standard InChI is InChI=1S/C68H125O11P/c1-4-7-10-13-16-19-22-25-28-31-32-35-36-39-42-45-48-51-54-57-66(70)75-61-65(79-68(72)59-56-53-50-47-44-41-38-34-30-27-24-21-18-15-12-9-6-3)63-77-80(73,74)76-62-64(60-69)78-67(71)58-55-52-49-46-43-40-37-33-29-26-23-20-17-14-11-8-5-2/h16,19,25,27-28,30,32,35,64-65,69H,4-15,17-18,20-24,26,29,31,33-34,36-63H2,1-3H3,(H,73,74)/b19-16-,28-25-,30-27-,35-32-. The molecule has 0 aliphatic carbocycles. The summed E-state index contributed by atoms with van der Waals surface area (Å²) in [6.45, 7) is 4.67. The van der Waals surface area contributed by atoms with E-state index in [1.54, 1.807) is 0 Å². The lowest BCUT2D eigenvalue weighted by molar-refractivity contribution is -0.161. The number of aliphatic hydroxyl groups excluding tert-OH is 1. The van der Waals surface area contributed by atoms with Gasteiger partial charge in [-0.2, -0.15) is 0 Å². The van der Waals surface area contributed by atoms with Gasteiger partial charge in [-0.25, -0.2) is 4.57 Å². The number of phosphoric ester groups is 1. The first-order valence-electron chi connectivity index (χ1n) is 33.5. The first kappa shape index (κ1) is 77.4. The summed E-state index contributed by atoms with van der Waals surface area (Å²) < 4.78 is 39.7. The fourth-order valence-electron chi connectivity index (χ4n) is 9.60. The monoisotopic (exact) mass is 1150 g/mol. The predicted octanol–water partition coefficient (Wildman–Crippen LogP) is 20.5. The number of ether oxygens (including phenoxy) is 3. The minimum atomic E-state index is -4.76. The van der Waals surface area contributed by atoms with Crippen LogP contribution >= 0.6 is 7.82 Å². The summed E-state index contributed by atoms with van der Waals surface area (Å²) in [5.41, 5.74) is 0. The van der Waals surface area contributed by atoms with Gasteiger partial charge in [0.15, 0.2) is 6.10 Å². The molecule has 12 heteroatoms. The van der Waals surface area contributed by atoms with Gasteiger partial charge in [-0.1, -0.05) is 275 Å². The van der Waals surface area contributed by atoms with Crippen molar-refractivity contribution in [3.05, 3.63) is 48.6 Å². The SMILES string of the molecule is CCCCC/C=C\C/C=C\C/C=C\CCCCCCCCC(=O)OCC(COP(=O)(O)OCC(CO)OC(=O)CCCCCCCCCCCCCCCCCCC)OC(=O)CCCCCCCCC/C=C\CCCCCCCC. The molecule has 0 saturated heterocycles. The van der Waals surface area contributed by atoms with Gasteiger partial charge in [-0.15, -0.1) is 0 Å². The Kier molecular flexibility index (Phi) is 60.5. The summed E-state index contributed by atoms with van der Waals surface area (Å²) in [6, 6.07) is 0. The Morgan fingerprint density at radius 2 is 0.613 bits per heavy atom. The number of allylic oxidation sites excluding steroid dienone is 8. The highest BCUT2D eigenvalue weighted by molar-refractivity contribution is 7.47. The molecular formula is C68H125O11P. The normalized spacial score (nSPS) is 13.5. The maximum atomic E-state index is 13.0. The van der Waals surface area contributed by atoms with E-state index in [0.717, 1.165) is 96.3 Å². The fraction of sp³-hybridized carbons (Fsp3) is 0.838. The maximum Gasteiger partial charge on any atom is 0.472 e. The third kappa shape index (κ3) is 60.0. The molecule has 0 heterocycles. The average Bonchev–Trinajstić information content (AvgIpc) is 3.45. The molecule has 2 N–H and O–H groups in total. The second kappa shape index (κ2) is 62.5. The molecular weight excluding hydrogens is 1020 g/mol. The van der Waals surface area contributed by atoms with Crippen molar-refractivity contribution >= 4 is 25.7 Å². The molecule has 11 nitrogen and oxygen atoms in total. The molecule has 0 aliphatic heterocycles. The lowest BCUT2D eigenvalue weighted by Crippen LogP contribution is -2.30. The van der Waals surface area contributed by atoms with Crippen LogP contribution in [0.1, 0.15) is 329 Å². The van der Waals surface area contributed by atoms with Gasteiger partial charge in [-0.3, -0.25) is 23.4 Å². The van der Waals surface area contributed by atoms with E-state index >= 15 is 0 Å². The summed E-state index contributed by atoms with van der Waals surface area (Å²) in [5, 5.41) is 9.87.